The van der Waals surface area contributed by atoms with Crippen molar-refractivity contribution in [2.45, 2.75) is 38.7 Å². The van der Waals surface area contributed by atoms with Gasteiger partial charge < -0.3 is 4.74 Å². The van der Waals surface area contributed by atoms with Crippen molar-refractivity contribution >= 4 is 11.6 Å². The van der Waals surface area contributed by atoms with Crippen LogP contribution in [-0.4, -0.2) is 24.3 Å². The van der Waals surface area contributed by atoms with E-state index in [2.05, 4.69) is 6.58 Å². The lowest BCUT2D eigenvalue weighted by atomic mass is 9.67. The molecule has 0 saturated heterocycles. The summed E-state index contributed by atoms with van der Waals surface area (Å²) in [6.45, 7) is 5.96. The Morgan fingerprint density at radius 2 is 2.25 bits per heavy atom. The Labute approximate surface area is 95.9 Å². The summed E-state index contributed by atoms with van der Waals surface area (Å²) in [6, 6.07) is 0. The number of Topliss-reactive ketones (excluding diaryl/α,β-unsaturated/α-hetero) is 2. The molecule has 3 nitrogen and oxygen atoms in total. The highest BCUT2D eigenvalue weighted by atomic mass is 16.5. The lowest BCUT2D eigenvalue weighted by molar-refractivity contribution is -0.146. The van der Waals surface area contributed by atoms with Crippen molar-refractivity contribution in [1.29, 1.82) is 0 Å². The second-order valence-corrected chi connectivity index (χ2v) is 4.99. The lowest BCUT2D eigenvalue weighted by Gasteiger charge is -2.39. The molecule has 3 atom stereocenters. The van der Waals surface area contributed by atoms with Gasteiger partial charge in [-0.3, -0.25) is 9.59 Å². The number of ether oxygens (including phenoxy) is 1. The van der Waals surface area contributed by atoms with Crippen LogP contribution in [0.25, 0.3) is 0 Å². The van der Waals surface area contributed by atoms with E-state index >= 15 is 0 Å². The summed E-state index contributed by atoms with van der Waals surface area (Å²) < 4.78 is 5.55. The van der Waals surface area contributed by atoms with Crippen molar-refractivity contribution in [3.63, 3.8) is 0 Å². The molecule has 0 N–H and O–H groups in total. The Balaban J connectivity index is 2.19. The topological polar surface area (TPSA) is 43.4 Å². The van der Waals surface area contributed by atoms with Gasteiger partial charge in [0, 0.05) is 24.2 Å². The third-order valence-electron chi connectivity index (χ3n) is 4.10. The molecule has 0 aromatic heterocycles. The molecule has 0 unspecified atom stereocenters. The monoisotopic (exact) mass is 222 g/mol. The first-order valence-corrected chi connectivity index (χ1v) is 5.88. The minimum atomic E-state index is -0.386. The molecule has 3 heteroatoms. The van der Waals surface area contributed by atoms with Gasteiger partial charge in [0.2, 0.25) is 0 Å². The maximum Gasteiger partial charge on any atom is 0.161 e. The number of fused-ring (bicyclic) bond motifs is 1. The molecule has 0 aromatic carbocycles. The first-order valence-electron chi connectivity index (χ1n) is 5.88. The van der Waals surface area contributed by atoms with Crippen molar-refractivity contribution < 1.29 is 14.3 Å². The average Bonchev–Trinajstić information content (AvgIpc) is 2.56. The summed E-state index contributed by atoms with van der Waals surface area (Å²) >= 11 is 0. The fraction of sp³-hybridized carbons (Fsp3) is 0.692. The molecule has 2 saturated carbocycles. The first kappa shape index (κ1) is 11.5. The van der Waals surface area contributed by atoms with Crippen molar-refractivity contribution in [2.24, 2.45) is 11.3 Å². The molecule has 0 heterocycles. The van der Waals surface area contributed by atoms with E-state index in [1.165, 1.54) is 0 Å². The molecule has 0 amide bonds. The highest BCUT2D eigenvalue weighted by molar-refractivity contribution is 5.93. The number of carbonyl (C=O) groups is 2. The van der Waals surface area contributed by atoms with Gasteiger partial charge in [0.25, 0.3) is 0 Å². The summed E-state index contributed by atoms with van der Waals surface area (Å²) in [7, 11) is 0. The zero-order chi connectivity index (χ0) is 11.8. The number of rotatable bonds is 3. The Kier molecular flexibility index (Phi) is 2.98. The molecule has 2 rings (SSSR count). The van der Waals surface area contributed by atoms with Gasteiger partial charge in [-0.1, -0.05) is 13.0 Å². The summed E-state index contributed by atoms with van der Waals surface area (Å²) in [6.07, 6.45) is 3.83. The quantitative estimate of drug-likeness (QED) is 0.685. The van der Waals surface area contributed by atoms with E-state index in [9.17, 15) is 9.59 Å². The third-order valence-corrected chi connectivity index (χ3v) is 4.10. The van der Waals surface area contributed by atoms with E-state index in [4.69, 9.17) is 4.74 Å². The van der Waals surface area contributed by atoms with Crippen LogP contribution in [0.2, 0.25) is 0 Å². The van der Waals surface area contributed by atoms with Gasteiger partial charge in [-0.15, -0.1) is 6.58 Å². The van der Waals surface area contributed by atoms with Crippen LogP contribution in [0.4, 0.5) is 0 Å². The van der Waals surface area contributed by atoms with Gasteiger partial charge in [-0.2, -0.15) is 0 Å². The third kappa shape index (κ3) is 1.63. The van der Waals surface area contributed by atoms with E-state index in [1.54, 1.807) is 6.08 Å². The predicted octanol–water partition coefficient (Wildman–Crippen LogP) is 1.91. The van der Waals surface area contributed by atoms with Crippen molar-refractivity contribution in [3.05, 3.63) is 12.7 Å². The van der Waals surface area contributed by atoms with Gasteiger partial charge in [0.1, 0.15) is 11.9 Å². The summed E-state index contributed by atoms with van der Waals surface area (Å²) in [5.74, 6) is 0.539. The largest absolute Gasteiger partial charge is 0.366 e. The Bertz CT molecular complexity index is 334. The molecule has 0 radical (unpaired) electrons. The number of hydrogen-bond acceptors (Lipinski definition) is 3. The molecule has 0 aliphatic heterocycles. The van der Waals surface area contributed by atoms with Crippen LogP contribution in [0, 0.1) is 11.3 Å². The van der Waals surface area contributed by atoms with E-state index < -0.39 is 0 Å². The first-order chi connectivity index (χ1) is 7.59. The lowest BCUT2D eigenvalue weighted by Crippen LogP contribution is -2.46. The summed E-state index contributed by atoms with van der Waals surface area (Å²) in [5.41, 5.74) is -0.320. The maximum atomic E-state index is 11.9. The van der Waals surface area contributed by atoms with Crippen LogP contribution in [0.5, 0.6) is 0 Å². The second kappa shape index (κ2) is 4.13. The molecule has 2 aliphatic carbocycles. The van der Waals surface area contributed by atoms with Gasteiger partial charge in [0.05, 0.1) is 6.61 Å². The van der Waals surface area contributed by atoms with E-state index in [-0.39, 0.29) is 23.2 Å². The molecular formula is C13H18O3. The van der Waals surface area contributed by atoms with Gasteiger partial charge in [0.15, 0.2) is 5.78 Å². The SMILES string of the molecule is C=CCO[C@H]1C(=O)CC[C@]2(C)C(=O)CC[C@@H]12. The minimum Gasteiger partial charge on any atom is -0.366 e. The molecule has 88 valence electrons. The highest BCUT2D eigenvalue weighted by Gasteiger charge is 2.54. The molecule has 16 heavy (non-hydrogen) atoms. The fourth-order valence-electron chi connectivity index (χ4n) is 3.04. The number of hydrogen-bond donors (Lipinski definition) is 0. The smallest absolute Gasteiger partial charge is 0.161 e. The van der Waals surface area contributed by atoms with Crippen LogP contribution < -0.4 is 0 Å². The van der Waals surface area contributed by atoms with Crippen molar-refractivity contribution in [1.82, 2.24) is 0 Å². The zero-order valence-electron chi connectivity index (χ0n) is 9.70. The summed E-state index contributed by atoms with van der Waals surface area (Å²) in [4.78, 5) is 23.7. The Morgan fingerprint density at radius 1 is 1.50 bits per heavy atom. The Hall–Kier alpha value is -0.960. The van der Waals surface area contributed by atoms with Crippen molar-refractivity contribution in [3.8, 4) is 0 Å². The van der Waals surface area contributed by atoms with Crippen LogP contribution in [0.15, 0.2) is 12.7 Å². The maximum absolute atomic E-state index is 11.9. The van der Waals surface area contributed by atoms with E-state index in [1.807, 2.05) is 6.92 Å². The normalized spacial score (nSPS) is 38.6. The van der Waals surface area contributed by atoms with Crippen LogP contribution in [0.1, 0.15) is 32.6 Å². The molecule has 0 spiro atoms. The highest BCUT2D eigenvalue weighted by Crippen LogP contribution is 2.49. The molecule has 2 aliphatic rings. The molecular weight excluding hydrogens is 204 g/mol. The molecule has 0 bridgehead atoms. The molecule has 2 fully saturated rings. The number of ketones is 2. The van der Waals surface area contributed by atoms with Gasteiger partial charge in [-0.05, 0) is 12.8 Å². The van der Waals surface area contributed by atoms with Crippen LogP contribution >= 0.6 is 0 Å². The standard InChI is InChI=1S/C13H18O3/c1-3-8-16-12-9-4-5-11(15)13(9,2)7-6-10(12)14/h3,9,12H,1,4-8H2,2H3/t9-,12+,13-/m0/s1. The van der Waals surface area contributed by atoms with Crippen LogP contribution in [-0.2, 0) is 14.3 Å². The van der Waals surface area contributed by atoms with Crippen LogP contribution in [0.3, 0.4) is 0 Å². The fourth-order valence-corrected chi connectivity index (χ4v) is 3.04. The second-order valence-electron chi connectivity index (χ2n) is 4.99. The van der Waals surface area contributed by atoms with Gasteiger partial charge >= 0.3 is 0 Å². The van der Waals surface area contributed by atoms with E-state index in [0.29, 0.717) is 31.7 Å². The predicted molar refractivity (Wildman–Crippen MR) is 60.0 cm³/mol. The zero-order valence-corrected chi connectivity index (χ0v) is 9.70. The molecule has 0 aromatic rings. The summed E-state index contributed by atoms with van der Waals surface area (Å²) in [5, 5.41) is 0. The van der Waals surface area contributed by atoms with E-state index in [0.717, 1.165) is 6.42 Å². The van der Waals surface area contributed by atoms with Gasteiger partial charge in [-0.25, -0.2) is 0 Å². The average molecular weight is 222 g/mol. The Morgan fingerprint density at radius 3 is 2.94 bits per heavy atom. The van der Waals surface area contributed by atoms with Crippen molar-refractivity contribution in [2.75, 3.05) is 6.61 Å². The minimum absolute atomic E-state index is 0.0844. The number of carbonyl (C=O) groups excluding carboxylic acids is 2.